The van der Waals surface area contributed by atoms with Gasteiger partial charge in [-0.25, -0.2) is 0 Å². The molecule has 1 aliphatic rings. The van der Waals surface area contributed by atoms with E-state index in [0.29, 0.717) is 18.4 Å². The van der Waals surface area contributed by atoms with E-state index in [-0.39, 0.29) is 5.97 Å². The van der Waals surface area contributed by atoms with E-state index in [1.165, 1.54) is 39.2 Å². The summed E-state index contributed by atoms with van der Waals surface area (Å²) in [5.41, 5.74) is 0. The Morgan fingerprint density at radius 1 is 1.38 bits per heavy atom. The first-order valence-corrected chi connectivity index (χ1v) is 8.43. The van der Waals surface area contributed by atoms with Crippen LogP contribution in [0.5, 0.6) is 0 Å². The van der Waals surface area contributed by atoms with Gasteiger partial charge < -0.3 is 9.47 Å². The van der Waals surface area contributed by atoms with Crippen LogP contribution in [-0.4, -0.2) is 25.8 Å². The van der Waals surface area contributed by atoms with Crippen molar-refractivity contribution in [2.24, 2.45) is 5.92 Å². The number of esters is 1. The smallest absolute Gasteiger partial charge is 0.305 e. The van der Waals surface area contributed by atoms with Gasteiger partial charge in [0.1, 0.15) is 0 Å². The molecule has 1 rings (SSSR count). The Bertz CT molecular complexity index is 259. The molecule has 0 aromatic rings. The molecule has 2 atom stereocenters. The minimum absolute atomic E-state index is 0.102. The van der Waals surface area contributed by atoms with Gasteiger partial charge in [-0.05, 0) is 25.2 Å². The molecule has 21 heavy (non-hydrogen) atoms. The van der Waals surface area contributed by atoms with Crippen molar-refractivity contribution >= 4 is 5.97 Å². The van der Waals surface area contributed by atoms with E-state index in [4.69, 9.17) is 4.74 Å². The lowest BCUT2D eigenvalue weighted by molar-refractivity contribution is -0.141. The Kier molecular flexibility index (Phi) is 13.6. The molecule has 0 bridgehead atoms. The van der Waals surface area contributed by atoms with Gasteiger partial charge in [-0.1, -0.05) is 52.0 Å². The number of hydrogen-bond donors (Lipinski definition) is 0. The number of carbonyl (C=O) groups excluding carboxylic acids is 1. The summed E-state index contributed by atoms with van der Waals surface area (Å²) in [6.45, 7) is 8.91. The number of rotatable bonds is 11. The fourth-order valence-electron chi connectivity index (χ4n) is 2.11. The average Bonchev–Trinajstić information content (AvgIpc) is 3.28. The van der Waals surface area contributed by atoms with Gasteiger partial charge in [-0.2, -0.15) is 0 Å². The van der Waals surface area contributed by atoms with Crippen molar-refractivity contribution in [1.29, 1.82) is 0 Å². The molecule has 1 saturated heterocycles. The normalized spacial score (nSPS) is 17.4. The first kappa shape index (κ1) is 20.2. The van der Waals surface area contributed by atoms with Gasteiger partial charge in [0.15, 0.2) is 0 Å². The van der Waals surface area contributed by atoms with Gasteiger partial charge in [-0.3, -0.25) is 4.79 Å². The molecule has 1 fully saturated rings. The number of ether oxygens (including phenoxy) is 2. The summed E-state index contributed by atoms with van der Waals surface area (Å²) in [4.78, 5) is 10.9. The fourth-order valence-corrected chi connectivity index (χ4v) is 2.11. The summed E-state index contributed by atoms with van der Waals surface area (Å²) in [7, 11) is 1.44. The van der Waals surface area contributed by atoms with Crippen LogP contribution in [0.15, 0.2) is 12.7 Å². The first-order valence-electron chi connectivity index (χ1n) is 8.43. The fraction of sp³-hybridized carbons (Fsp3) is 0.833. The van der Waals surface area contributed by atoms with Crippen LogP contribution in [0.25, 0.3) is 0 Å². The zero-order valence-electron chi connectivity index (χ0n) is 14.2. The molecule has 3 nitrogen and oxygen atoms in total. The van der Waals surface area contributed by atoms with Crippen LogP contribution < -0.4 is 0 Å². The third-order valence-corrected chi connectivity index (χ3v) is 3.63. The van der Waals surface area contributed by atoms with E-state index in [1.807, 2.05) is 6.08 Å². The highest BCUT2D eigenvalue weighted by Gasteiger charge is 2.21. The molecule has 0 saturated carbocycles. The van der Waals surface area contributed by atoms with Crippen LogP contribution >= 0.6 is 0 Å². The van der Waals surface area contributed by atoms with Crippen LogP contribution in [0.4, 0.5) is 0 Å². The second-order valence-corrected chi connectivity index (χ2v) is 5.91. The van der Waals surface area contributed by atoms with Crippen molar-refractivity contribution in [2.45, 2.75) is 77.7 Å². The number of carbonyl (C=O) groups is 1. The predicted molar refractivity (Wildman–Crippen MR) is 88.3 cm³/mol. The maximum Gasteiger partial charge on any atom is 0.305 e. The summed E-state index contributed by atoms with van der Waals surface area (Å²) < 4.78 is 9.70. The maximum atomic E-state index is 10.9. The Hall–Kier alpha value is -0.830. The Balaban J connectivity index is 0.000000433. The molecule has 1 aliphatic heterocycles. The lowest BCUT2D eigenvalue weighted by atomic mass is 10.0. The van der Waals surface area contributed by atoms with Crippen molar-refractivity contribution in [3.63, 3.8) is 0 Å². The van der Waals surface area contributed by atoms with Gasteiger partial charge in [0.2, 0.25) is 0 Å². The lowest BCUT2D eigenvalue weighted by Crippen LogP contribution is -2.07. The summed E-state index contributed by atoms with van der Waals surface area (Å²) in [6.07, 6.45) is 13.1. The molecule has 0 aromatic carbocycles. The third-order valence-electron chi connectivity index (χ3n) is 3.63. The highest BCUT2D eigenvalue weighted by molar-refractivity contribution is 5.69. The van der Waals surface area contributed by atoms with E-state index >= 15 is 0 Å². The average molecular weight is 298 g/mol. The molecule has 3 heteroatoms. The van der Waals surface area contributed by atoms with Gasteiger partial charge in [-0.15, -0.1) is 6.58 Å². The molecule has 2 unspecified atom stereocenters. The van der Waals surface area contributed by atoms with Crippen molar-refractivity contribution in [3.05, 3.63) is 12.7 Å². The van der Waals surface area contributed by atoms with Gasteiger partial charge >= 0.3 is 5.97 Å². The second-order valence-electron chi connectivity index (χ2n) is 5.91. The SMILES string of the molecule is C=CCCCCCC.COC(=O)CC(C)CCCC1CO1. The largest absolute Gasteiger partial charge is 0.469 e. The Morgan fingerprint density at radius 3 is 2.62 bits per heavy atom. The van der Waals surface area contributed by atoms with Crippen molar-refractivity contribution in [1.82, 2.24) is 0 Å². The molecule has 1 heterocycles. The molecule has 0 amide bonds. The number of methoxy groups -OCH3 is 1. The minimum atomic E-state index is -0.102. The zero-order valence-corrected chi connectivity index (χ0v) is 14.2. The first-order chi connectivity index (χ1) is 10.1. The maximum absolute atomic E-state index is 10.9. The Morgan fingerprint density at radius 2 is 2.10 bits per heavy atom. The van der Waals surface area contributed by atoms with Gasteiger partial charge in [0, 0.05) is 6.42 Å². The van der Waals surface area contributed by atoms with Crippen molar-refractivity contribution < 1.29 is 14.3 Å². The second kappa shape index (κ2) is 14.1. The van der Waals surface area contributed by atoms with Gasteiger partial charge in [0.05, 0.1) is 19.8 Å². The lowest BCUT2D eigenvalue weighted by Gasteiger charge is -2.08. The summed E-state index contributed by atoms with van der Waals surface area (Å²) in [6, 6.07) is 0. The number of epoxide rings is 1. The molecule has 0 spiro atoms. The molecule has 0 N–H and O–H groups in total. The van der Waals surface area contributed by atoms with Crippen molar-refractivity contribution in [3.8, 4) is 0 Å². The highest BCUT2D eigenvalue weighted by atomic mass is 16.6. The van der Waals surface area contributed by atoms with E-state index in [1.54, 1.807) is 0 Å². The standard InChI is InChI=1S/C10H18O3.C8H16/c1-8(6-10(11)12-2)4-3-5-9-7-13-9;1-3-5-7-8-6-4-2/h8-9H,3-7H2,1-2H3;3H,1,4-8H2,2H3. The molecule has 0 radical (unpaired) electrons. The summed E-state index contributed by atoms with van der Waals surface area (Å²) in [5.74, 6) is 0.335. The van der Waals surface area contributed by atoms with Crippen LogP contribution in [0.3, 0.4) is 0 Å². The van der Waals surface area contributed by atoms with Gasteiger partial charge in [0.25, 0.3) is 0 Å². The number of allylic oxidation sites excluding steroid dienone is 1. The van der Waals surface area contributed by atoms with Crippen LogP contribution in [0.2, 0.25) is 0 Å². The highest BCUT2D eigenvalue weighted by Crippen LogP contribution is 2.20. The molecule has 124 valence electrons. The number of unbranched alkanes of at least 4 members (excludes halogenated alkanes) is 4. The topological polar surface area (TPSA) is 38.8 Å². The van der Waals surface area contributed by atoms with Crippen LogP contribution in [0, 0.1) is 5.92 Å². The molecular weight excluding hydrogens is 264 g/mol. The number of hydrogen-bond acceptors (Lipinski definition) is 3. The third kappa shape index (κ3) is 15.4. The molecular formula is C18H34O3. The van der Waals surface area contributed by atoms with Crippen LogP contribution in [-0.2, 0) is 14.3 Å². The van der Waals surface area contributed by atoms with E-state index in [0.717, 1.165) is 25.9 Å². The van der Waals surface area contributed by atoms with E-state index in [2.05, 4.69) is 25.2 Å². The monoisotopic (exact) mass is 298 g/mol. The van der Waals surface area contributed by atoms with E-state index < -0.39 is 0 Å². The van der Waals surface area contributed by atoms with Crippen LogP contribution in [0.1, 0.15) is 71.6 Å². The molecule has 0 aromatic heterocycles. The predicted octanol–water partition coefficient (Wildman–Crippen LogP) is 4.90. The van der Waals surface area contributed by atoms with E-state index in [9.17, 15) is 4.79 Å². The minimum Gasteiger partial charge on any atom is -0.469 e. The zero-order chi connectivity index (χ0) is 15.9. The Labute approximate surface area is 131 Å². The molecule has 0 aliphatic carbocycles. The van der Waals surface area contributed by atoms with Crippen molar-refractivity contribution in [2.75, 3.05) is 13.7 Å². The quantitative estimate of drug-likeness (QED) is 0.236. The summed E-state index contributed by atoms with van der Waals surface area (Å²) >= 11 is 0. The summed E-state index contributed by atoms with van der Waals surface area (Å²) in [5, 5.41) is 0.